The van der Waals surface area contributed by atoms with Crippen LogP contribution in [0.3, 0.4) is 0 Å². The van der Waals surface area contributed by atoms with Crippen molar-refractivity contribution in [2.45, 2.75) is 23.1 Å². The Bertz CT molecular complexity index is 623. The smallest absolute Gasteiger partial charge is 0.233 e. The van der Waals surface area contributed by atoms with Gasteiger partial charge in [0.05, 0.1) is 10.6 Å². The number of thiazole rings is 1. The maximum absolute atomic E-state index is 12.2. The number of benzene rings is 1. The fraction of sp³-hybridized carbons (Fsp3) is 0.182. The Morgan fingerprint density at radius 3 is 2.24 bits per heavy atom. The van der Waals surface area contributed by atoms with Gasteiger partial charge in [0.1, 0.15) is 5.00 Å². The SMILES string of the molecule is Cc1ccc(S(=O)(=O)c2nc(C)c(N)s2)cc1. The minimum Gasteiger partial charge on any atom is -0.389 e. The molecule has 1 heterocycles. The molecule has 0 fully saturated rings. The minimum absolute atomic E-state index is 0.0522. The molecule has 1 aromatic carbocycles. The van der Waals surface area contributed by atoms with Crippen molar-refractivity contribution in [1.29, 1.82) is 0 Å². The maximum Gasteiger partial charge on any atom is 0.233 e. The molecule has 0 aliphatic heterocycles. The summed E-state index contributed by atoms with van der Waals surface area (Å²) in [6.45, 7) is 3.60. The molecule has 4 nitrogen and oxygen atoms in total. The summed E-state index contributed by atoms with van der Waals surface area (Å²) < 4.78 is 24.5. The minimum atomic E-state index is -3.53. The van der Waals surface area contributed by atoms with E-state index in [0.29, 0.717) is 10.7 Å². The summed E-state index contributed by atoms with van der Waals surface area (Å²) in [5.74, 6) is 0. The molecule has 17 heavy (non-hydrogen) atoms. The normalized spacial score (nSPS) is 11.6. The number of aromatic nitrogens is 1. The van der Waals surface area contributed by atoms with E-state index in [1.807, 2.05) is 6.92 Å². The first kappa shape index (κ1) is 12.1. The third kappa shape index (κ3) is 2.18. The predicted molar refractivity (Wildman–Crippen MR) is 67.9 cm³/mol. The van der Waals surface area contributed by atoms with Gasteiger partial charge in [-0.2, -0.15) is 0 Å². The molecule has 0 saturated heterocycles. The van der Waals surface area contributed by atoms with Gasteiger partial charge >= 0.3 is 0 Å². The quantitative estimate of drug-likeness (QED) is 0.906. The van der Waals surface area contributed by atoms with Gasteiger partial charge in [-0.25, -0.2) is 13.4 Å². The molecule has 0 spiro atoms. The van der Waals surface area contributed by atoms with E-state index < -0.39 is 9.84 Å². The van der Waals surface area contributed by atoms with Crippen molar-refractivity contribution in [1.82, 2.24) is 4.98 Å². The summed E-state index contributed by atoms with van der Waals surface area (Å²) in [6, 6.07) is 6.68. The van der Waals surface area contributed by atoms with Gasteiger partial charge in [0, 0.05) is 0 Å². The number of nitrogens with zero attached hydrogens (tertiary/aromatic N) is 1. The lowest BCUT2D eigenvalue weighted by Crippen LogP contribution is -2.01. The Morgan fingerprint density at radius 2 is 1.76 bits per heavy atom. The van der Waals surface area contributed by atoms with Crippen molar-refractivity contribution in [3.8, 4) is 0 Å². The molecule has 1 aromatic heterocycles. The largest absolute Gasteiger partial charge is 0.389 e. The molecule has 0 amide bonds. The molecule has 0 saturated carbocycles. The molecule has 0 bridgehead atoms. The van der Waals surface area contributed by atoms with Crippen LogP contribution >= 0.6 is 11.3 Å². The monoisotopic (exact) mass is 268 g/mol. The molecule has 0 aliphatic rings. The Morgan fingerprint density at radius 1 is 1.18 bits per heavy atom. The van der Waals surface area contributed by atoms with Gasteiger partial charge in [-0.15, -0.1) is 0 Å². The van der Waals surface area contributed by atoms with Crippen molar-refractivity contribution >= 4 is 26.2 Å². The van der Waals surface area contributed by atoms with Gasteiger partial charge in [-0.3, -0.25) is 0 Å². The molecular weight excluding hydrogens is 256 g/mol. The molecule has 6 heteroatoms. The van der Waals surface area contributed by atoms with Crippen molar-refractivity contribution in [2.75, 3.05) is 5.73 Å². The van der Waals surface area contributed by atoms with Crippen LogP contribution in [0.4, 0.5) is 5.00 Å². The van der Waals surface area contributed by atoms with Crippen LogP contribution in [-0.2, 0) is 9.84 Å². The van der Waals surface area contributed by atoms with E-state index >= 15 is 0 Å². The highest BCUT2D eigenvalue weighted by Gasteiger charge is 2.22. The second kappa shape index (κ2) is 4.12. The van der Waals surface area contributed by atoms with Crippen LogP contribution in [0.2, 0.25) is 0 Å². The first-order chi connectivity index (χ1) is 7.91. The summed E-state index contributed by atoms with van der Waals surface area (Å²) in [4.78, 5) is 4.23. The third-order valence-corrected chi connectivity index (χ3v) is 5.51. The van der Waals surface area contributed by atoms with Crippen LogP contribution in [0.5, 0.6) is 0 Å². The van der Waals surface area contributed by atoms with E-state index in [9.17, 15) is 8.42 Å². The zero-order valence-corrected chi connectivity index (χ0v) is 11.1. The zero-order valence-electron chi connectivity index (χ0n) is 9.47. The van der Waals surface area contributed by atoms with E-state index in [2.05, 4.69) is 4.98 Å². The van der Waals surface area contributed by atoms with E-state index in [1.54, 1.807) is 31.2 Å². The van der Waals surface area contributed by atoms with Gasteiger partial charge in [-0.1, -0.05) is 29.0 Å². The molecule has 0 aliphatic carbocycles. The number of hydrogen-bond acceptors (Lipinski definition) is 5. The van der Waals surface area contributed by atoms with Crippen molar-refractivity contribution in [3.05, 3.63) is 35.5 Å². The Balaban J connectivity index is 2.53. The molecule has 2 aromatic rings. The first-order valence-electron chi connectivity index (χ1n) is 4.96. The van der Waals surface area contributed by atoms with E-state index in [1.165, 1.54) is 0 Å². The van der Waals surface area contributed by atoms with Gasteiger partial charge < -0.3 is 5.73 Å². The number of nitrogens with two attached hydrogens (primary N) is 1. The Labute approximate surface area is 104 Å². The number of aryl methyl sites for hydroxylation is 2. The molecule has 2 rings (SSSR count). The van der Waals surface area contributed by atoms with Gasteiger partial charge in [-0.05, 0) is 26.0 Å². The van der Waals surface area contributed by atoms with Crippen LogP contribution in [-0.4, -0.2) is 13.4 Å². The molecule has 0 radical (unpaired) electrons. The maximum atomic E-state index is 12.2. The average molecular weight is 268 g/mol. The van der Waals surface area contributed by atoms with Crippen molar-refractivity contribution in [3.63, 3.8) is 0 Å². The Hall–Kier alpha value is -1.40. The van der Waals surface area contributed by atoms with E-state index in [-0.39, 0.29) is 9.24 Å². The highest BCUT2D eigenvalue weighted by Crippen LogP contribution is 2.28. The summed E-state index contributed by atoms with van der Waals surface area (Å²) in [5.41, 5.74) is 7.20. The lowest BCUT2D eigenvalue weighted by atomic mass is 10.2. The van der Waals surface area contributed by atoms with Crippen molar-refractivity contribution in [2.24, 2.45) is 0 Å². The first-order valence-corrected chi connectivity index (χ1v) is 7.26. The molecule has 2 N–H and O–H groups in total. The molecule has 0 unspecified atom stereocenters. The predicted octanol–water partition coefficient (Wildman–Crippen LogP) is 2.17. The number of sulfone groups is 1. The summed E-state index contributed by atoms with van der Waals surface area (Å²) in [5, 5.41) is 0.440. The lowest BCUT2D eigenvalue weighted by molar-refractivity contribution is 0.595. The fourth-order valence-electron chi connectivity index (χ4n) is 1.32. The van der Waals surface area contributed by atoms with Crippen LogP contribution in [0.15, 0.2) is 33.5 Å². The Kier molecular flexibility index (Phi) is 2.92. The van der Waals surface area contributed by atoms with Gasteiger partial charge in [0.25, 0.3) is 0 Å². The molecular formula is C11H12N2O2S2. The van der Waals surface area contributed by atoms with Crippen LogP contribution in [0.1, 0.15) is 11.3 Å². The number of anilines is 1. The fourth-order valence-corrected chi connectivity index (χ4v) is 3.83. The summed E-state index contributed by atoms with van der Waals surface area (Å²) in [6.07, 6.45) is 0. The topological polar surface area (TPSA) is 73.0 Å². The highest BCUT2D eigenvalue weighted by molar-refractivity contribution is 7.93. The average Bonchev–Trinajstić information content (AvgIpc) is 2.60. The van der Waals surface area contributed by atoms with Crippen LogP contribution in [0.25, 0.3) is 0 Å². The second-order valence-electron chi connectivity index (χ2n) is 3.75. The number of hydrogen-bond donors (Lipinski definition) is 1. The highest BCUT2D eigenvalue weighted by atomic mass is 32.2. The number of nitrogen functional groups attached to an aromatic ring is 1. The molecule has 0 atom stereocenters. The van der Waals surface area contributed by atoms with Crippen molar-refractivity contribution < 1.29 is 8.42 Å². The molecule has 90 valence electrons. The number of rotatable bonds is 2. The lowest BCUT2D eigenvalue weighted by Gasteiger charge is -2.00. The third-order valence-electron chi connectivity index (χ3n) is 2.37. The van der Waals surface area contributed by atoms with Gasteiger partial charge in [0.15, 0.2) is 0 Å². The van der Waals surface area contributed by atoms with Gasteiger partial charge in [0.2, 0.25) is 14.2 Å². The van der Waals surface area contributed by atoms with Crippen LogP contribution < -0.4 is 5.73 Å². The van der Waals surface area contributed by atoms with Crippen LogP contribution in [0, 0.1) is 13.8 Å². The standard InChI is InChI=1S/C11H12N2O2S2/c1-7-3-5-9(6-4-7)17(14,15)11-13-8(2)10(12)16-11/h3-6H,12H2,1-2H3. The van der Waals surface area contributed by atoms with E-state index in [0.717, 1.165) is 16.9 Å². The van der Waals surface area contributed by atoms with E-state index in [4.69, 9.17) is 5.73 Å². The zero-order chi connectivity index (χ0) is 12.6. The summed E-state index contributed by atoms with van der Waals surface area (Å²) in [7, 11) is -3.53. The second-order valence-corrected chi connectivity index (χ2v) is 6.90. The summed E-state index contributed by atoms with van der Waals surface area (Å²) >= 11 is 0.999.